The molecular weight excluding hydrogens is 354 g/mol. The average Bonchev–Trinajstić information content (AvgIpc) is 3.07. The van der Waals surface area contributed by atoms with Crippen molar-refractivity contribution in [3.05, 3.63) is 40.1 Å². The van der Waals surface area contributed by atoms with Crippen molar-refractivity contribution in [2.45, 2.75) is 0 Å². The van der Waals surface area contributed by atoms with Crippen LogP contribution in [0.25, 0.3) is 0 Å². The van der Waals surface area contributed by atoms with Gasteiger partial charge in [0, 0.05) is 0 Å². The zero-order valence-electron chi connectivity index (χ0n) is 13.2. The average molecular weight is 367 g/mol. The van der Waals surface area contributed by atoms with Gasteiger partial charge in [0.15, 0.2) is 11.7 Å². The number of nitrogens with one attached hydrogen (secondary N) is 1. The zero-order valence-corrected chi connectivity index (χ0v) is 14.0. The number of hydrogen-bond donors (Lipinski definition) is 1. The number of methoxy groups -OCH3 is 2. The highest BCUT2D eigenvalue weighted by Crippen LogP contribution is 2.29. The van der Waals surface area contributed by atoms with Gasteiger partial charge in [-0.25, -0.2) is 9.78 Å². The molecule has 1 N–H and O–H groups in total. The van der Waals surface area contributed by atoms with Gasteiger partial charge in [-0.3, -0.25) is 20.2 Å². The lowest BCUT2D eigenvalue weighted by Gasteiger charge is -2.12. The Bertz CT molecular complexity index is 783. The summed E-state index contributed by atoms with van der Waals surface area (Å²) >= 11 is 0.689. The molecule has 0 saturated carbocycles. The number of ether oxygens (including phenoxy) is 3. The Kier molecular flexibility index (Phi) is 5.84. The zero-order chi connectivity index (χ0) is 18.4. The van der Waals surface area contributed by atoms with E-state index in [4.69, 9.17) is 14.2 Å². The second kappa shape index (κ2) is 8.06. The van der Waals surface area contributed by atoms with E-state index in [1.54, 1.807) is 18.2 Å². The lowest BCUT2D eigenvalue weighted by Crippen LogP contribution is -2.21. The molecule has 25 heavy (non-hydrogen) atoms. The number of nitrogens with zero attached hydrogens (tertiary/aromatic N) is 2. The van der Waals surface area contributed by atoms with Crippen molar-refractivity contribution >= 4 is 33.3 Å². The van der Waals surface area contributed by atoms with E-state index in [0.717, 1.165) is 6.20 Å². The van der Waals surface area contributed by atoms with Crippen LogP contribution in [0, 0.1) is 10.1 Å². The summed E-state index contributed by atoms with van der Waals surface area (Å²) in [7, 11) is 2.77. The number of carbonyl (C=O) groups is 2. The molecule has 1 amide bonds. The standard InChI is InChI=1S/C14H13N3O7S/c1-22-8-4-3-5-9(23-2)12(8)13(19)24-7-10(18)16-14-15-6-11(25-14)17(20)21/h3-6H,7H2,1-2H3,(H,15,16,18). The van der Waals surface area contributed by atoms with Crippen molar-refractivity contribution in [2.24, 2.45) is 0 Å². The maximum absolute atomic E-state index is 12.2. The van der Waals surface area contributed by atoms with Crippen LogP contribution in [0.4, 0.5) is 10.1 Å². The molecule has 0 radical (unpaired) electrons. The Morgan fingerprint density at radius 2 is 1.92 bits per heavy atom. The third-order valence-corrected chi connectivity index (χ3v) is 3.75. The number of thiazole rings is 1. The molecule has 1 aromatic heterocycles. The monoisotopic (exact) mass is 367 g/mol. The Balaban J connectivity index is 1.99. The molecule has 0 aliphatic heterocycles. The van der Waals surface area contributed by atoms with Gasteiger partial charge in [-0.15, -0.1) is 0 Å². The highest BCUT2D eigenvalue weighted by atomic mass is 32.1. The van der Waals surface area contributed by atoms with Gasteiger partial charge in [-0.05, 0) is 23.5 Å². The van der Waals surface area contributed by atoms with Crippen LogP contribution in [0.3, 0.4) is 0 Å². The van der Waals surface area contributed by atoms with Gasteiger partial charge in [0.2, 0.25) is 0 Å². The molecule has 1 aromatic carbocycles. The van der Waals surface area contributed by atoms with Gasteiger partial charge in [0.1, 0.15) is 23.3 Å². The molecule has 0 atom stereocenters. The van der Waals surface area contributed by atoms with Crippen LogP contribution in [0.5, 0.6) is 11.5 Å². The highest BCUT2D eigenvalue weighted by Gasteiger charge is 2.21. The van der Waals surface area contributed by atoms with Gasteiger partial charge in [0.05, 0.1) is 19.1 Å². The molecule has 0 unspecified atom stereocenters. The summed E-state index contributed by atoms with van der Waals surface area (Å²) in [6.45, 7) is -0.604. The van der Waals surface area contributed by atoms with Crippen LogP contribution in [-0.2, 0) is 9.53 Å². The first-order chi connectivity index (χ1) is 12.0. The van der Waals surface area contributed by atoms with Crippen molar-refractivity contribution < 1.29 is 28.7 Å². The first-order valence-corrected chi connectivity index (χ1v) is 7.56. The summed E-state index contributed by atoms with van der Waals surface area (Å²) in [4.78, 5) is 37.6. The fourth-order valence-electron chi connectivity index (χ4n) is 1.82. The minimum atomic E-state index is -0.811. The summed E-state index contributed by atoms with van der Waals surface area (Å²) in [6.07, 6.45) is 1.02. The van der Waals surface area contributed by atoms with E-state index in [0.29, 0.717) is 11.3 Å². The van der Waals surface area contributed by atoms with Crippen LogP contribution < -0.4 is 14.8 Å². The van der Waals surface area contributed by atoms with E-state index in [1.807, 2.05) is 0 Å². The second-order valence-corrected chi connectivity index (χ2v) is 5.43. The topological polar surface area (TPSA) is 130 Å². The van der Waals surface area contributed by atoms with Crippen molar-refractivity contribution in [1.29, 1.82) is 0 Å². The molecule has 0 fully saturated rings. The maximum atomic E-state index is 12.2. The van der Waals surface area contributed by atoms with Crippen LogP contribution in [0.15, 0.2) is 24.4 Å². The van der Waals surface area contributed by atoms with Crippen molar-refractivity contribution in [3.8, 4) is 11.5 Å². The number of aromatic nitrogens is 1. The lowest BCUT2D eigenvalue weighted by atomic mass is 10.2. The van der Waals surface area contributed by atoms with E-state index in [9.17, 15) is 19.7 Å². The predicted octanol–water partition coefficient (Wildman–Crippen LogP) is 1.86. The molecule has 11 heteroatoms. The Morgan fingerprint density at radius 1 is 1.28 bits per heavy atom. The quantitative estimate of drug-likeness (QED) is 0.446. The van der Waals surface area contributed by atoms with E-state index < -0.39 is 23.4 Å². The molecule has 132 valence electrons. The molecule has 2 aromatic rings. The summed E-state index contributed by atoms with van der Waals surface area (Å²) in [5, 5.41) is 12.7. The van der Waals surface area contributed by atoms with E-state index in [-0.39, 0.29) is 27.2 Å². The van der Waals surface area contributed by atoms with Crippen molar-refractivity contribution in [2.75, 3.05) is 26.1 Å². The minimum Gasteiger partial charge on any atom is -0.496 e. The molecule has 0 aliphatic rings. The predicted molar refractivity (Wildman–Crippen MR) is 87.2 cm³/mol. The number of esters is 1. The molecule has 10 nitrogen and oxygen atoms in total. The molecular formula is C14H13N3O7S. The lowest BCUT2D eigenvalue weighted by molar-refractivity contribution is -0.380. The van der Waals surface area contributed by atoms with Gasteiger partial charge >= 0.3 is 11.0 Å². The third-order valence-electron chi connectivity index (χ3n) is 2.89. The number of benzene rings is 1. The first kappa shape index (κ1) is 18.1. The third kappa shape index (κ3) is 4.41. The van der Waals surface area contributed by atoms with Crippen molar-refractivity contribution in [3.63, 3.8) is 0 Å². The molecule has 0 bridgehead atoms. The SMILES string of the molecule is COc1cccc(OC)c1C(=O)OCC(=O)Nc1ncc([N+](=O)[O-])s1. The van der Waals surface area contributed by atoms with Gasteiger partial charge < -0.3 is 14.2 Å². The van der Waals surface area contributed by atoms with Crippen LogP contribution in [0.2, 0.25) is 0 Å². The largest absolute Gasteiger partial charge is 0.496 e. The van der Waals surface area contributed by atoms with Gasteiger partial charge in [0.25, 0.3) is 5.91 Å². The minimum absolute atomic E-state index is 0.0302. The Labute approximate surface area is 145 Å². The molecule has 0 aliphatic carbocycles. The highest BCUT2D eigenvalue weighted by molar-refractivity contribution is 7.18. The summed E-state index contributed by atoms with van der Waals surface area (Å²) in [6, 6.07) is 4.73. The molecule has 0 saturated heterocycles. The fraction of sp³-hybridized carbons (Fsp3) is 0.214. The van der Waals surface area contributed by atoms with Crippen LogP contribution >= 0.6 is 11.3 Å². The number of hydrogen-bond acceptors (Lipinski definition) is 9. The Hall–Kier alpha value is -3.21. The molecule has 2 rings (SSSR count). The Morgan fingerprint density at radius 3 is 2.44 bits per heavy atom. The summed E-state index contributed by atoms with van der Waals surface area (Å²) in [5.74, 6) is -1.03. The van der Waals surface area contributed by atoms with Crippen LogP contribution in [-0.4, -0.2) is 42.6 Å². The van der Waals surface area contributed by atoms with E-state index in [1.165, 1.54) is 14.2 Å². The normalized spacial score (nSPS) is 10.0. The summed E-state index contributed by atoms with van der Waals surface area (Å²) < 4.78 is 15.1. The van der Waals surface area contributed by atoms with Gasteiger partial charge in [-0.1, -0.05) is 6.07 Å². The maximum Gasteiger partial charge on any atom is 0.346 e. The number of rotatable bonds is 7. The second-order valence-electron chi connectivity index (χ2n) is 4.42. The molecule has 0 spiro atoms. The number of carbonyl (C=O) groups excluding carboxylic acids is 2. The summed E-state index contributed by atoms with van der Waals surface area (Å²) in [5.41, 5.74) is 0.0465. The fourth-order valence-corrected chi connectivity index (χ4v) is 2.47. The first-order valence-electron chi connectivity index (χ1n) is 6.74. The molecule has 1 heterocycles. The van der Waals surface area contributed by atoms with Crippen LogP contribution in [0.1, 0.15) is 10.4 Å². The number of amides is 1. The van der Waals surface area contributed by atoms with Gasteiger partial charge in [-0.2, -0.15) is 0 Å². The number of anilines is 1. The number of nitro groups is 1. The van der Waals surface area contributed by atoms with Crippen molar-refractivity contribution in [1.82, 2.24) is 4.98 Å². The van der Waals surface area contributed by atoms with E-state index >= 15 is 0 Å². The van der Waals surface area contributed by atoms with E-state index in [2.05, 4.69) is 10.3 Å². The smallest absolute Gasteiger partial charge is 0.346 e.